The molecule has 1 aliphatic carbocycles. The Bertz CT molecular complexity index is 887. The Morgan fingerprint density at radius 3 is 2.70 bits per heavy atom. The van der Waals surface area contributed by atoms with Crippen molar-refractivity contribution in [3.63, 3.8) is 0 Å². The Balaban J connectivity index is 1.40. The number of benzene rings is 1. The molecule has 0 radical (unpaired) electrons. The van der Waals surface area contributed by atoms with Gasteiger partial charge < -0.3 is 25.1 Å². The third-order valence-corrected chi connectivity index (χ3v) is 7.46. The van der Waals surface area contributed by atoms with E-state index in [-0.39, 0.29) is 29.6 Å². The highest BCUT2D eigenvalue weighted by atomic mass is 16.5. The van der Waals surface area contributed by atoms with Gasteiger partial charge in [-0.3, -0.25) is 14.4 Å². The summed E-state index contributed by atoms with van der Waals surface area (Å²) in [6.45, 7) is 1.20. The van der Waals surface area contributed by atoms with Gasteiger partial charge >= 0.3 is 0 Å². The standard InChI is InChI=1S/C25H33N3O5/c1-33-20-8-5-16(6-9-20)7-10-22(30)28-14-18-3-2-4-21(18)23(28)25(32)27-19(15-29)13-17-11-12-26-24(17)31/h5-6,8-9,15,17-19,21,23H,2-4,7,10-14H2,1H3,(H,26,31)(H,27,32)/t17-,18-,19-,21+,23?/m0/s1. The number of nitrogens with zero attached hydrogens (tertiary/aromatic N) is 1. The van der Waals surface area contributed by atoms with Crippen LogP contribution in [0.3, 0.4) is 0 Å². The lowest BCUT2D eigenvalue weighted by molar-refractivity contribution is -0.140. The first-order valence-electron chi connectivity index (χ1n) is 12.0. The zero-order valence-corrected chi connectivity index (χ0v) is 19.1. The number of amides is 3. The molecule has 2 N–H and O–H groups in total. The van der Waals surface area contributed by atoms with Gasteiger partial charge in [0.25, 0.3) is 0 Å². The van der Waals surface area contributed by atoms with Gasteiger partial charge in [-0.1, -0.05) is 18.6 Å². The van der Waals surface area contributed by atoms with Gasteiger partial charge in [0.1, 0.15) is 18.1 Å². The van der Waals surface area contributed by atoms with Crippen LogP contribution in [0.5, 0.6) is 5.75 Å². The summed E-state index contributed by atoms with van der Waals surface area (Å²) in [6.07, 6.45) is 5.60. The normalized spacial score (nSPS) is 27.1. The lowest BCUT2D eigenvalue weighted by Gasteiger charge is -2.28. The first-order chi connectivity index (χ1) is 16.0. The molecule has 1 aromatic carbocycles. The van der Waals surface area contributed by atoms with Gasteiger partial charge in [-0.15, -0.1) is 0 Å². The second-order valence-electron chi connectivity index (χ2n) is 9.46. The smallest absolute Gasteiger partial charge is 0.243 e. The largest absolute Gasteiger partial charge is 0.497 e. The topological polar surface area (TPSA) is 105 Å². The summed E-state index contributed by atoms with van der Waals surface area (Å²) in [5.41, 5.74) is 1.04. The number of likely N-dealkylation sites (tertiary alicyclic amines) is 1. The predicted molar refractivity (Wildman–Crippen MR) is 121 cm³/mol. The van der Waals surface area contributed by atoms with Crippen molar-refractivity contribution in [2.24, 2.45) is 17.8 Å². The first-order valence-corrected chi connectivity index (χ1v) is 12.0. The fraction of sp³-hybridized carbons (Fsp3) is 0.600. The lowest BCUT2D eigenvalue weighted by atomic mass is 9.92. The Hall–Kier alpha value is -2.90. The van der Waals surface area contributed by atoms with Crippen molar-refractivity contribution in [2.45, 2.75) is 57.0 Å². The number of ether oxygens (including phenoxy) is 1. The number of hydrogen-bond donors (Lipinski definition) is 2. The van der Waals surface area contributed by atoms with Crippen molar-refractivity contribution >= 4 is 24.0 Å². The summed E-state index contributed by atoms with van der Waals surface area (Å²) in [4.78, 5) is 51.7. The Morgan fingerprint density at radius 2 is 2.03 bits per heavy atom. The Labute approximate surface area is 194 Å². The average Bonchev–Trinajstić information content (AvgIpc) is 3.53. The van der Waals surface area contributed by atoms with Crippen LogP contribution in [0, 0.1) is 17.8 Å². The van der Waals surface area contributed by atoms with E-state index >= 15 is 0 Å². The zero-order valence-electron chi connectivity index (χ0n) is 19.1. The molecule has 1 aromatic rings. The maximum Gasteiger partial charge on any atom is 0.243 e. The minimum Gasteiger partial charge on any atom is -0.497 e. The summed E-state index contributed by atoms with van der Waals surface area (Å²) >= 11 is 0. The molecular formula is C25H33N3O5. The molecule has 1 unspecified atom stereocenters. The lowest BCUT2D eigenvalue weighted by Crippen LogP contribution is -2.52. The number of carbonyl (C=O) groups is 4. The molecule has 1 saturated carbocycles. The number of rotatable bonds is 9. The third kappa shape index (κ3) is 5.20. The fourth-order valence-electron chi connectivity index (χ4n) is 5.68. The highest BCUT2D eigenvalue weighted by Gasteiger charge is 2.49. The molecule has 2 saturated heterocycles. The van der Waals surface area contributed by atoms with Gasteiger partial charge in [0, 0.05) is 25.4 Å². The molecule has 0 aromatic heterocycles. The fourth-order valence-corrected chi connectivity index (χ4v) is 5.68. The van der Waals surface area contributed by atoms with Gasteiger partial charge in [0.15, 0.2) is 0 Å². The van der Waals surface area contributed by atoms with E-state index in [9.17, 15) is 19.2 Å². The first kappa shape index (κ1) is 23.3. The van der Waals surface area contributed by atoms with E-state index in [1.54, 1.807) is 12.0 Å². The summed E-state index contributed by atoms with van der Waals surface area (Å²) in [5.74, 6) is 0.622. The molecule has 8 heteroatoms. The van der Waals surface area contributed by atoms with Gasteiger partial charge in [0.05, 0.1) is 13.2 Å². The minimum atomic E-state index is -0.719. The number of carbonyl (C=O) groups excluding carboxylic acids is 4. The minimum absolute atomic E-state index is 0.0295. The van der Waals surface area contributed by atoms with E-state index in [2.05, 4.69) is 10.6 Å². The van der Waals surface area contributed by atoms with Crippen molar-refractivity contribution in [3.8, 4) is 5.75 Å². The Kier molecular flexibility index (Phi) is 7.30. The van der Waals surface area contributed by atoms with Crippen LogP contribution in [0.15, 0.2) is 24.3 Å². The maximum absolute atomic E-state index is 13.3. The summed E-state index contributed by atoms with van der Waals surface area (Å²) in [6, 6.07) is 6.39. The number of aryl methyl sites for hydroxylation is 1. The van der Waals surface area contributed by atoms with E-state index in [0.717, 1.165) is 30.6 Å². The van der Waals surface area contributed by atoms with Crippen molar-refractivity contribution in [1.82, 2.24) is 15.5 Å². The van der Waals surface area contributed by atoms with Crippen LogP contribution in [0.1, 0.15) is 44.1 Å². The Morgan fingerprint density at radius 1 is 1.24 bits per heavy atom. The van der Waals surface area contributed by atoms with Gasteiger partial charge in [0.2, 0.25) is 17.7 Å². The molecular weight excluding hydrogens is 422 g/mol. The van der Waals surface area contributed by atoms with E-state index < -0.39 is 12.1 Å². The molecule has 2 aliphatic heterocycles. The summed E-state index contributed by atoms with van der Waals surface area (Å²) in [7, 11) is 1.62. The monoisotopic (exact) mass is 455 g/mol. The van der Waals surface area contributed by atoms with Crippen LogP contribution >= 0.6 is 0 Å². The van der Waals surface area contributed by atoms with Crippen LogP contribution in [-0.2, 0) is 25.6 Å². The van der Waals surface area contributed by atoms with Crippen LogP contribution in [-0.4, -0.2) is 61.2 Å². The van der Waals surface area contributed by atoms with E-state index in [0.29, 0.717) is 51.0 Å². The maximum atomic E-state index is 13.3. The molecule has 4 rings (SSSR count). The summed E-state index contributed by atoms with van der Waals surface area (Å²) in [5, 5.41) is 5.61. The number of methoxy groups -OCH3 is 1. The molecule has 33 heavy (non-hydrogen) atoms. The molecule has 2 heterocycles. The van der Waals surface area contributed by atoms with Crippen molar-refractivity contribution in [3.05, 3.63) is 29.8 Å². The number of hydrogen-bond acceptors (Lipinski definition) is 5. The van der Waals surface area contributed by atoms with E-state index in [1.165, 1.54) is 0 Å². The number of fused-ring (bicyclic) bond motifs is 1. The second-order valence-corrected chi connectivity index (χ2v) is 9.46. The van der Waals surface area contributed by atoms with E-state index in [1.807, 2.05) is 24.3 Å². The molecule has 0 bridgehead atoms. The van der Waals surface area contributed by atoms with Crippen molar-refractivity contribution < 1.29 is 23.9 Å². The van der Waals surface area contributed by atoms with Crippen molar-refractivity contribution in [2.75, 3.05) is 20.2 Å². The summed E-state index contributed by atoms with van der Waals surface area (Å²) < 4.78 is 5.18. The van der Waals surface area contributed by atoms with Gasteiger partial charge in [-0.05, 0) is 61.6 Å². The molecule has 0 spiro atoms. The van der Waals surface area contributed by atoms with Gasteiger partial charge in [-0.25, -0.2) is 0 Å². The van der Waals surface area contributed by atoms with Crippen LogP contribution in [0.25, 0.3) is 0 Å². The number of aldehydes is 1. The highest BCUT2D eigenvalue weighted by molar-refractivity contribution is 5.90. The SMILES string of the molecule is COc1ccc(CCC(=O)N2C[C@@H]3CCC[C@H]3C2C(=O)N[C@H](C=O)C[C@@H]2CCNC2=O)cc1. The molecule has 3 aliphatic rings. The third-order valence-electron chi connectivity index (χ3n) is 7.46. The van der Waals surface area contributed by atoms with Crippen LogP contribution < -0.4 is 15.4 Å². The quantitative estimate of drug-likeness (QED) is 0.549. The molecule has 3 amide bonds. The van der Waals surface area contributed by atoms with Crippen molar-refractivity contribution in [1.29, 1.82) is 0 Å². The second kappa shape index (κ2) is 10.4. The molecule has 5 atom stereocenters. The van der Waals surface area contributed by atoms with Gasteiger partial charge in [-0.2, -0.15) is 0 Å². The van der Waals surface area contributed by atoms with Crippen LogP contribution in [0.4, 0.5) is 0 Å². The average molecular weight is 456 g/mol. The predicted octanol–water partition coefficient (Wildman–Crippen LogP) is 1.46. The van der Waals surface area contributed by atoms with Crippen LogP contribution in [0.2, 0.25) is 0 Å². The molecule has 8 nitrogen and oxygen atoms in total. The molecule has 3 fully saturated rings. The highest BCUT2D eigenvalue weighted by Crippen LogP contribution is 2.42. The zero-order chi connectivity index (χ0) is 23.4. The number of nitrogens with one attached hydrogen (secondary N) is 2. The molecule has 178 valence electrons. The van der Waals surface area contributed by atoms with E-state index in [4.69, 9.17) is 4.74 Å².